The number of benzene rings is 1. The summed E-state index contributed by atoms with van der Waals surface area (Å²) in [7, 11) is 0. The molecule has 0 saturated heterocycles. The van der Waals surface area contributed by atoms with Gasteiger partial charge in [-0.25, -0.2) is 0 Å². The lowest BCUT2D eigenvalue weighted by atomic mass is 10.0. The van der Waals surface area contributed by atoms with Crippen LogP contribution in [0.3, 0.4) is 0 Å². The first-order valence-electron chi connectivity index (χ1n) is 3.44. The fourth-order valence-corrected chi connectivity index (χ4v) is 1.00. The zero-order chi connectivity index (χ0) is 8.97. The van der Waals surface area contributed by atoms with E-state index in [9.17, 15) is 9.59 Å². The number of carbonyl (C=O) groups is 2. The van der Waals surface area contributed by atoms with Gasteiger partial charge in [0, 0.05) is 5.02 Å². The third kappa shape index (κ3) is 1.92. The summed E-state index contributed by atoms with van der Waals surface area (Å²) in [5.41, 5.74) is 0.671. The molecule has 1 aromatic rings. The first kappa shape index (κ1) is 8.94. The van der Waals surface area contributed by atoms with Crippen LogP contribution in [0.15, 0.2) is 24.3 Å². The molecule has 0 heterocycles. The molecule has 0 amide bonds. The molecule has 0 atom stereocenters. The van der Waals surface area contributed by atoms with Gasteiger partial charge in [0.1, 0.15) is 12.6 Å². The van der Waals surface area contributed by atoms with Crippen molar-refractivity contribution in [3.63, 3.8) is 0 Å². The maximum Gasteiger partial charge on any atom is 0.134 e. The minimum atomic E-state index is -0.665. The molecule has 0 aromatic heterocycles. The highest BCUT2D eigenvalue weighted by atomic mass is 35.5. The Balaban J connectivity index is 2.94. The molecule has 3 heteroatoms. The number of carbonyl (C=O) groups excluding carboxylic acids is 2. The van der Waals surface area contributed by atoms with Crippen LogP contribution < -0.4 is 0 Å². The van der Waals surface area contributed by atoms with Gasteiger partial charge in [-0.1, -0.05) is 23.7 Å². The highest BCUT2D eigenvalue weighted by molar-refractivity contribution is 6.30. The van der Waals surface area contributed by atoms with E-state index < -0.39 is 5.92 Å². The van der Waals surface area contributed by atoms with Gasteiger partial charge in [0.25, 0.3) is 0 Å². The van der Waals surface area contributed by atoms with Crippen molar-refractivity contribution in [1.29, 1.82) is 0 Å². The highest BCUT2D eigenvalue weighted by Crippen LogP contribution is 2.14. The smallest absolute Gasteiger partial charge is 0.134 e. The number of halogens is 1. The largest absolute Gasteiger partial charge is 0.302 e. The van der Waals surface area contributed by atoms with E-state index in [2.05, 4.69) is 0 Å². The normalized spacial score (nSPS) is 9.83. The molecule has 0 spiro atoms. The number of rotatable bonds is 3. The minimum Gasteiger partial charge on any atom is -0.302 e. The Kier molecular flexibility index (Phi) is 3.00. The molecule has 0 aliphatic carbocycles. The molecule has 0 aliphatic rings. The SMILES string of the molecule is O=CC(C=O)c1ccc(Cl)cc1. The quantitative estimate of drug-likeness (QED) is 0.528. The van der Waals surface area contributed by atoms with E-state index in [0.29, 0.717) is 23.2 Å². The standard InChI is InChI=1S/C9H7ClO2/c10-9-3-1-7(2-4-9)8(5-11)6-12/h1-6,8H. The summed E-state index contributed by atoms with van der Waals surface area (Å²) in [6.07, 6.45) is 1.21. The summed E-state index contributed by atoms with van der Waals surface area (Å²) in [6.45, 7) is 0. The third-order valence-corrected chi connectivity index (χ3v) is 1.80. The number of aldehydes is 2. The van der Waals surface area contributed by atoms with Gasteiger partial charge in [0.2, 0.25) is 0 Å². The molecule has 1 aromatic carbocycles. The van der Waals surface area contributed by atoms with Crippen molar-refractivity contribution in [3.8, 4) is 0 Å². The van der Waals surface area contributed by atoms with Crippen molar-refractivity contribution in [1.82, 2.24) is 0 Å². The van der Waals surface area contributed by atoms with Crippen LogP contribution in [-0.2, 0) is 9.59 Å². The predicted octanol–water partition coefficient (Wildman–Crippen LogP) is 1.82. The molecule has 0 bridgehead atoms. The van der Waals surface area contributed by atoms with Crippen molar-refractivity contribution in [2.45, 2.75) is 5.92 Å². The van der Waals surface area contributed by atoms with Crippen LogP contribution >= 0.6 is 11.6 Å². The van der Waals surface area contributed by atoms with E-state index in [1.165, 1.54) is 0 Å². The molecule has 0 radical (unpaired) electrons. The van der Waals surface area contributed by atoms with Crippen LogP contribution in [-0.4, -0.2) is 12.6 Å². The van der Waals surface area contributed by atoms with Gasteiger partial charge < -0.3 is 9.59 Å². The Labute approximate surface area is 75.2 Å². The van der Waals surface area contributed by atoms with Crippen LogP contribution in [0.4, 0.5) is 0 Å². The molecule has 0 unspecified atom stereocenters. The summed E-state index contributed by atoms with van der Waals surface area (Å²) >= 11 is 5.63. The molecule has 0 N–H and O–H groups in total. The summed E-state index contributed by atoms with van der Waals surface area (Å²) in [5.74, 6) is -0.665. The van der Waals surface area contributed by atoms with Crippen LogP contribution in [0.2, 0.25) is 5.02 Å². The Morgan fingerprint density at radius 1 is 1.08 bits per heavy atom. The molecular weight excluding hydrogens is 176 g/mol. The number of hydrogen-bond acceptors (Lipinski definition) is 2. The molecule has 12 heavy (non-hydrogen) atoms. The van der Waals surface area contributed by atoms with Crippen molar-refractivity contribution in [3.05, 3.63) is 34.9 Å². The Hall–Kier alpha value is -1.15. The average Bonchev–Trinajstić information content (AvgIpc) is 2.10. The fraction of sp³-hybridized carbons (Fsp3) is 0.111. The first-order valence-corrected chi connectivity index (χ1v) is 3.82. The molecule has 62 valence electrons. The topological polar surface area (TPSA) is 34.1 Å². The van der Waals surface area contributed by atoms with E-state index >= 15 is 0 Å². The average molecular weight is 183 g/mol. The van der Waals surface area contributed by atoms with E-state index in [1.807, 2.05) is 0 Å². The molecule has 0 saturated carbocycles. The lowest BCUT2D eigenvalue weighted by molar-refractivity contribution is -0.116. The zero-order valence-corrected chi connectivity index (χ0v) is 6.99. The third-order valence-electron chi connectivity index (χ3n) is 1.55. The van der Waals surface area contributed by atoms with Gasteiger partial charge in [0.05, 0.1) is 5.92 Å². The Bertz CT molecular complexity index is 271. The van der Waals surface area contributed by atoms with Crippen molar-refractivity contribution < 1.29 is 9.59 Å². The fourth-order valence-electron chi connectivity index (χ4n) is 0.874. The monoisotopic (exact) mass is 182 g/mol. The lowest BCUT2D eigenvalue weighted by Gasteiger charge is -2.01. The van der Waals surface area contributed by atoms with E-state index in [1.54, 1.807) is 24.3 Å². The molecule has 1 rings (SSSR count). The highest BCUT2D eigenvalue weighted by Gasteiger charge is 2.07. The van der Waals surface area contributed by atoms with E-state index in [4.69, 9.17) is 11.6 Å². The van der Waals surface area contributed by atoms with E-state index in [0.717, 1.165) is 0 Å². The Morgan fingerprint density at radius 2 is 1.58 bits per heavy atom. The van der Waals surface area contributed by atoms with Gasteiger partial charge in [-0.05, 0) is 17.7 Å². The van der Waals surface area contributed by atoms with Crippen LogP contribution in [0.25, 0.3) is 0 Å². The van der Waals surface area contributed by atoms with Crippen LogP contribution in [0.1, 0.15) is 11.5 Å². The van der Waals surface area contributed by atoms with Crippen molar-refractivity contribution in [2.75, 3.05) is 0 Å². The van der Waals surface area contributed by atoms with Gasteiger partial charge >= 0.3 is 0 Å². The maximum absolute atomic E-state index is 10.4. The van der Waals surface area contributed by atoms with Crippen LogP contribution in [0, 0.1) is 0 Å². The minimum absolute atomic E-state index is 0.592. The molecular formula is C9H7ClO2. The second-order valence-electron chi connectivity index (χ2n) is 2.35. The van der Waals surface area contributed by atoms with Gasteiger partial charge in [-0.2, -0.15) is 0 Å². The summed E-state index contributed by atoms with van der Waals surface area (Å²) in [4.78, 5) is 20.7. The zero-order valence-electron chi connectivity index (χ0n) is 6.24. The van der Waals surface area contributed by atoms with Crippen LogP contribution in [0.5, 0.6) is 0 Å². The molecule has 2 nitrogen and oxygen atoms in total. The van der Waals surface area contributed by atoms with Gasteiger partial charge in [-0.15, -0.1) is 0 Å². The molecule has 0 aliphatic heterocycles. The predicted molar refractivity (Wildman–Crippen MR) is 46.3 cm³/mol. The second kappa shape index (κ2) is 4.02. The Morgan fingerprint density at radius 3 is 2.00 bits per heavy atom. The summed E-state index contributed by atoms with van der Waals surface area (Å²) in [6, 6.07) is 6.62. The number of hydrogen-bond donors (Lipinski definition) is 0. The second-order valence-corrected chi connectivity index (χ2v) is 2.79. The molecule has 0 fully saturated rings. The summed E-state index contributed by atoms with van der Waals surface area (Å²) < 4.78 is 0. The first-order chi connectivity index (χ1) is 5.77. The van der Waals surface area contributed by atoms with Crippen molar-refractivity contribution in [2.24, 2.45) is 0 Å². The van der Waals surface area contributed by atoms with Crippen molar-refractivity contribution >= 4 is 24.2 Å². The van der Waals surface area contributed by atoms with Gasteiger partial charge in [-0.3, -0.25) is 0 Å². The lowest BCUT2D eigenvalue weighted by Crippen LogP contribution is -2.00. The van der Waals surface area contributed by atoms with E-state index in [-0.39, 0.29) is 0 Å². The summed E-state index contributed by atoms with van der Waals surface area (Å²) in [5, 5.41) is 0.592. The van der Waals surface area contributed by atoms with Gasteiger partial charge in [0.15, 0.2) is 0 Å². The maximum atomic E-state index is 10.4.